The molecule has 2 rings (SSSR count). The average molecular weight is 261 g/mol. The van der Waals surface area contributed by atoms with E-state index in [0.29, 0.717) is 30.1 Å². The molecule has 0 N–H and O–H groups in total. The topological polar surface area (TPSA) is 53.3 Å². The molecule has 0 amide bonds. The Kier molecular flexibility index (Phi) is 2.45. The smallest absolute Gasteiger partial charge is 0.360 e. The van der Waals surface area contributed by atoms with Crippen LogP contribution in [0.5, 0.6) is 5.88 Å². The van der Waals surface area contributed by atoms with E-state index in [1.165, 1.54) is 0 Å². The number of carbonyl (C=O) groups excluding carboxylic acids is 1. The summed E-state index contributed by atoms with van der Waals surface area (Å²) < 4.78 is 12.4. The van der Waals surface area contributed by atoms with Crippen LogP contribution in [0.3, 0.4) is 0 Å². The largest absolute Gasteiger partial charge is 0.475 e. The number of nitrogens with zero attached hydrogens (tertiary/aromatic N) is 2. The molecule has 0 saturated heterocycles. The maximum absolute atomic E-state index is 11.4. The molecule has 1 aliphatic rings. The van der Waals surface area contributed by atoms with E-state index in [9.17, 15) is 4.79 Å². The molecule has 0 unspecified atom stereocenters. The van der Waals surface area contributed by atoms with E-state index in [2.05, 4.69) is 21.0 Å². The van der Waals surface area contributed by atoms with Gasteiger partial charge in [0.05, 0.1) is 13.2 Å². The standard InChI is InChI=1S/C8H9BrN2O3/c1-2-13-8(12)6-5(9)7-11(10-6)3-4-14-7/h2-4H2,1H3. The van der Waals surface area contributed by atoms with Crippen LogP contribution < -0.4 is 4.74 Å². The summed E-state index contributed by atoms with van der Waals surface area (Å²) in [6, 6.07) is 0. The summed E-state index contributed by atoms with van der Waals surface area (Å²) in [5, 5.41) is 4.08. The summed E-state index contributed by atoms with van der Waals surface area (Å²) in [5.74, 6) is 0.179. The van der Waals surface area contributed by atoms with Crippen molar-refractivity contribution in [1.29, 1.82) is 0 Å². The maximum Gasteiger partial charge on any atom is 0.360 e. The second-order valence-corrected chi connectivity index (χ2v) is 3.55. The Labute approximate surface area is 89.1 Å². The zero-order valence-corrected chi connectivity index (χ0v) is 9.20. The number of aromatic nitrogens is 2. The lowest BCUT2D eigenvalue weighted by molar-refractivity contribution is 0.0517. The fraction of sp³-hybridized carbons (Fsp3) is 0.500. The molecule has 76 valence electrons. The van der Waals surface area contributed by atoms with Gasteiger partial charge in [-0.15, -0.1) is 0 Å². The van der Waals surface area contributed by atoms with Gasteiger partial charge in [0, 0.05) is 0 Å². The second kappa shape index (κ2) is 3.61. The van der Waals surface area contributed by atoms with Crippen molar-refractivity contribution in [1.82, 2.24) is 9.78 Å². The fourth-order valence-electron chi connectivity index (χ4n) is 1.27. The zero-order valence-electron chi connectivity index (χ0n) is 7.62. The van der Waals surface area contributed by atoms with Crippen LogP contribution in [-0.2, 0) is 11.3 Å². The number of ether oxygens (including phenoxy) is 2. The molecule has 1 aromatic rings. The van der Waals surface area contributed by atoms with Crippen molar-refractivity contribution in [2.75, 3.05) is 13.2 Å². The molecule has 2 heterocycles. The quantitative estimate of drug-likeness (QED) is 0.751. The Morgan fingerprint density at radius 3 is 3.21 bits per heavy atom. The van der Waals surface area contributed by atoms with E-state index < -0.39 is 5.97 Å². The first-order valence-electron chi connectivity index (χ1n) is 4.30. The van der Waals surface area contributed by atoms with Gasteiger partial charge < -0.3 is 9.47 Å². The molecule has 0 aliphatic carbocycles. The highest BCUT2D eigenvalue weighted by Gasteiger charge is 2.26. The highest BCUT2D eigenvalue weighted by molar-refractivity contribution is 9.10. The van der Waals surface area contributed by atoms with Gasteiger partial charge in [-0.2, -0.15) is 5.10 Å². The molecule has 0 bridgehead atoms. The van der Waals surface area contributed by atoms with Crippen molar-refractivity contribution in [3.63, 3.8) is 0 Å². The van der Waals surface area contributed by atoms with Crippen LogP contribution >= 0.6 is 15.9 Å². The van der Waals surface area contributed by atoms with Crippen molar-refractivity contribution < 1.29 is 14.3 Å². The molecular formula is C8H9BrN2O3. The van der Waals surface area contributed by atoms with Gasteiger partial charge in [-0.3, -0.25) is 0 Å². The number of carbonyl (C=O) groups is 1. The number of hydrogen-bond acceptors (Lipinski definition) is 4. The first-order chi connectivity index (χ1) is 6.74. The maximum atomic E-state index is 11.4. The minimum absolute atomic E-state index is 0.279. The van der Waals surface area contributed by atoms with Gasteiger partial charge in [0.25, 0.3) is 0 Å². The Bertz CT molecular complexity index is 375. The van der Waals surface area contributed by atoms with E-state index in [1.54, 1.807) is 11.6 Å². The first-order valence-corrected chi connectivity index (χ1v) is 5.09. The third-order valence-corrected chi connectivity index (χ3v) is 2.58. The lowest BCUT2D eigenvalue weighted by Crippen LogP contribution is -2.08. The highest BCUT2D eigenvalue weighted by atomic mass is 79.9. The highest BCUT2D eigenvalue weighted by Crippen LogP contribution is 2.31. The average Bonchev–Trinajstić information content (AvgIpc) is 2.69. The second-order valence-electron chi connectivity index (χ2n) is 2.76. The fourth-order valence-corrected chi connectivity index (χ4v) is 1.83. The third-order valence-electron chi connectivity index (χ3n) is 1.86. The summed E-state index contributed by atoms with van der Waals surface area (Å²) >= 11 is 3.26. The van der Waals surface area contributed by atoms with Crippen molar-refractivity contribution in [2.45, 2.75) is 13.5 Å². The van der Waals surface area contributed by atoms with Crippen molar-refractivity contribution in [3.8, 4) is 5.88 Å². The van der Waals surface area contributed by atoms with Crippen LogP contribution in [0.15, 0.2) is 4.47 Å². The van der Waals surface area contributed by atoms with Gasteiger partial charge in [-0.05, 0) is 22.9 Å². The summed E-state index contributed by atoms with van der Waals surface area (Å²) in [4.78, 5) is 11.4. The van der Waals surface area contributed by atoms with E-state index in [1.807, 2.05) is 0 Å². The molecule has 1 aromatic heterocycles. The molecule has 0 aromatic carbocycles. The predicted octanol–water partition coefficient (Wildman–Crippen LogP) is 1.21. The Hall–Kier alpha value is -1.04. The van der Waals surface area contributed by atoms with E-state index in [-0.39, 0.29) is 5.69 Å². The van der Waals surface area contributed by atoms with Gasteiger partial charge in [-0.25, -0.2) is 9.48 Å². The van der Waals surface area contributed by atoms with Gasteiger partial charge in [-0.1, -0.05) is 0 Å². The molecule has 0 spiro atoms. The molecule has 5 nitrogen and oxygen atoms in total. The SMILES string of the molecule is CCOC(=O)c1nn2c(c1Br)OCC2. The lowest BCUT2D eigenvalue weighted by atomic mass is 10.4. The monoisotopic (exact) mass is 260 g/mol. The summed E-state index contributed by atoms with van der Waals surface area (Å²) in [6.07, 6.45) is 0. The Morgan fingerprint density at radius 2 is 2.57 bits per heavy atom. The minimum Gasteiger partial charge on any atom is -0.475 e. The summed E-state index contributed by atoms with van der Waals surface area (Å²) in [7, 11) is 0. The van der Waals surface area contributed by atoms with Gasteiger partial charge in [0.15, 0.2) is 5.69 Å². The van der Waals surface area contributed by atoms with E-state index >= 15 is 0 Å². The van der Waals surface area contributed by atoms with Crippen LogP contribution in [0, 0.1) is 0 Å². The van der Waals surface area contributed by atoms with Crippen LogP contribution in [0.2, 0.25) is 0 Å². The summed E-state index contributed by atoms with van der Waals surface area (Å²) in [5.41, 5.74) is 0.279. The number of fused-ring (bicyclic) bond motifs is 1. The lowest BCUT2D eigenvalue weighted by Gasteiger charge is -1.98. The predicted molar refractivity (Wildman–Crippen MR) is 51.4 cm³/mol. The third kappa shape index (κ3) is 1.39. The molecule has 6 heteroatoms. The zero-order chi connectivity index (χ0) is 10.1. The van der Waals surface area contributed by atoms with Crippen molar-refractivity contribution in [3.05, 3.63) is 10.2 Å². The van der Waals surface area contributed by atoms with Crippen LogP contribution in [0.25, 0.3) is 0 Å². The molecule has 0 atom stereocenters. The molecule has 0 fully saturated rings. The van der Waals surface area contributed by atoms with Gasteiger partial charge in [0.1, 0.15) is 11.1 Å². The number of hydrogen-bond donors (Lipinski definition) is 0. The number of esters is 1. The van der Waals surface area contributed by atoms with E-state index in [0.717, 1.165) is 0 Å². The number of rotatable bonds is 2. The molecule has 14 heavy (non-hydrogen) atoms. The van der Waals surface area contributed by atoms with Gasteiger partial charge >= 0.3 is 5.97 Å². The number of halogens is 1. The normalized spacial score (nSPS) is 13.6. The Balaban J connectivity index is 2.32. The van der Waals surface area contributed by atoms with Crippen LogP contribution in [0.1, 0.15) is 17.4 Å². The van der Waals surface area contributed by atoms with Crippen molar-refractivity contribution >= 4 is 21.9 Å². The van der Waals surface area contributed by atoms with Crippen molar-refractivity contribution in [2.24, 2.45) is 0 Å². The Morgan fingerprint density at radius 1 is 1.79 bits per heavy atom. The molecule has 0 radical (unpaired) electrons. The van der Waals surface area contributed by atoms with Crippen LogP contribution in [-0.4, -0.2) is 29.0 Å². The molecular weight excluding hydrogens is 252 g/mol. The molecule has 1 aliphatic heterocycles. The van der Waals surface area contributed by atoms with E-state index in [4.69, 9.17) is 9.47 Å². The minimum atomic E-state index is -0.426. The van der Waals surface area contributed by atoms with Gasteiger partial charge in [0.2, 0.25) is 5.88 Å². The first kappa shape index (κ1) is 9.51. The van der Waals surface area contributed by atoms with Crippen LogP contribution in [0.4, 0.5) is 0 Å². The summed E-state index contributed by atoms with van der Waals surface area (Å²) in [6.45, 7) is 3.37. The molecule has 0 saturated carbocycles.